The van der Waals surface area contributed by atoms with Gasteiger partial charge in [-0.2, -0.15) is 0 Å². The Balaban J connectivity index is 1.08. The molecule has 6 nitrogen and oxygen atoms in total. The number of pyridine rings is 1. The zero-order chi connectivity index (χ0) is 37.6. The number of para-hydroxylation sites is 3. The molecule has 0 fully saturated rings. The fraction of sp³-hybridized carbons (Fsp3) is 0.163. The van der Waals surface area contributed by atoms with E-state index in [0.717, 1.165) is 66.7 Å². The van der Waals surface area contributed by atoms with Gasteiger partial charge in [0, 0.05) is 45.9 Å². The Morgan fingerprint density at radius 2 is 1.36 bits per heavy atom. The van der Waals surface area contributed by atoms with Crippen LogP contribution in [-0.2, 0) is 5.41 Å². The molecule has 4 heterocycles. The van der Waals surface area contributed by atoms with E-state index in [0.29, 0.717) is 6.67 Å². The van der Waals surface area contributed by atoms with E-state index < -0.39 is 0 Å². The second kappa shape index (κ2) is 12.3. The van der Waals surface area contributed by atoms with Crippen molar-refractivity contribution in [1.82, 2.24) is 9.55 Å². The molecular weight excluding hydrogens is 677 g/mol. The first-order chi connectivity index (χ1) is 26.6. The van der Waals surface area contributed by atoms with Crippen molar-refractivity contribution in [2.45, 2.75) is 47.0 Å². The lowest BCUT2D eigenvalue weighted by atomic mass is 9.88. The van der Waals surface area contributed by atoms with E-state index in [4.69, 9.17) is 14.1 Å². The predicted molar refractivity (Wildman–Crippen MR) is 227 cm³/mol. The van der Waals surface area contributed by atoms with E-state index in [1.54, 1.807) is 0 Å². The number of nitrogens with zero attached hydrogens (tertiary/aromatic N) is 4. The summed E-state index contributed by atoms with van der Waals surface area (Å²) < 4.78 is 15.6. The zero-order valence-electron chi connectivity index (χ0n) is 32.0. The first-order valence-electron chi connectivity index (χ1n) is 19.0. The minimum atomic E-state index is -0.0353. The van der Waals surface area contributed by atoms with E-state index in [1.165, 1.54) is 39.3 Å². The van der Waals surface area contributed by atoms with Gasteiger partial charge in [-0.05, 0) is 110 Å². The highest BCUT2D eigenvalue weighted by molar-refractivity contribution is 6.23. The molecule has 0 bridgehead atoms. The van der Waals surface area contributed by atoms with Crippen LogP contribution < -0.4 is 14.5 Å². The lowest BCUT2D eigenvalue weighted by Crippen LogP contribution is -2.25. The standard InChI is InChI=1S/C49H42N4O2/c1-30-24-31(2)47(32(3)25-30)52-29-51(40-15-8-9-16-41(40)52)34-12-11-13-35(27-34)54-36-18-19-39-43(28-36)53(45-26-33(22-23-50-45)49(4,5)6)42-21-20-38-37-14-7-10-17-44(37)55-48(38)46(39)42/h7-28H,29H2,1-6H3. The number of aryl methyl sites for hydroxylation is 3. The largest absolute Gasteiger partial charge is 0.457 e. The van der Waals surface area contributed by atoms with Crippen LogP contribution in [0.5, 0.6) is 11.5 Å². The van der Waals surface area contributed by atoms with Gasteiger partial charge in [0.15, 0.2) is 0 Å². The van der Waals surface area contributed by atoms with Crippen LogP contribution in [0, 0.1) is 20.8 Å². The van der Waals surface area contributed by atoms with Gasteiger partial charge < -0.3 is 19.0 Å². The second-order valence-electron chi connectivity index (χ2n) is 15.9. The summed E-state index contributed by atoms with van der Waals surface area (Å²) in [5, 5.41) is 4.36. The minimum Gasteiger partial charge on any atom is -0.457 e. The third-order valence-electron chi connectivity index (χ3n) is 11.1. The molecule has 55 heavy (non-hydrogen) atoms. The number of fused-ring (bicyclic) bond motifs is 8. The van der Waals surface area contributed by atoms with Crippen molar-refractivity contribution in [2.75, 3.05) is 16.5 Å². The molecule has 0 unspecified atom stereocenters. The Morgan fingerprint density at radius 1 is 0.636 bits per heavy atom. The minimum absolute atomic E-state index is 0.0353. The molecule has 0 aliphatic carbocycles. The molecule has 270 valence electrons. The molecule has 9 aromatic rings. The normalized spacial score (nSPS) is 13.1. The molecule has 0 saturated heterocycles. The Labute approximate surface area is 320 Å². The molecule has 3 aromatic heterocycles. The van der Waals surface area contributed by atoms with Crippen LogP contribution in [0.1, 0.15) is 43.0 Å². The highest BCUT2D eigenvalue weighted by atomic mass is 16.5. The lowest BCUT2D eigenvalue weighted by Gasteiger charge is -2.25. The number of anilines is 4. The Hall–Kier alpha value is -6.53. The molecule has 6 aromatic carbocycles. The SMILES string of the molecule is Cc1cc(C)c(N2CN(c3cccc(Oc4ccc5c6c7oc8ccccc8c7ccc6n(-c6cc(C(C)(C)C)ccn6)c5c4)c3)c3ccccc32)c(C)c1. The summed E-state index contributed by atoms with van der Waals surface area (Å²) in [5.41, 5.74) is 13.5. The molecule has 0 amide bonds. The van der Waals surface area contributed by atoms with Crippen molar-refractivity contribution in [1.29, 1.82) is 0 Å². The maximum absolute atomic E-state index is 6.74. The summed E-state index contributed by atoms with van der Waals surface area (Å²) >= 11 is 0. The van der Waals surface area contributed by atoms with Crippen LogP contribution in [0.3, 0.4) is 0 Å². The number of furan rings is 1. The fourth-order valence-corrected chi connectivity index (χ4v) is 8.66. The van der Waals surface area contributed by atoms with E-state index in [-0.39, 0.29) is 5.41 Å². The van der Waals surface area contributed by atoms with Crippen molar-refractivity contribution in [2.24, 2.45) is 0 Å². The monoisotopic (exact) mass is 718 g/mol. The maximum Gasteiger partial charge on any atom is 0.145 e. The molecule has 10 rings (SSSR count). The zero-order valence-corrected chi connectivity index (χ0v) is 32.0. The molecule has 0 spiro atoms. The van der Waals surface area contributed by atoms with Crippen molar-refractivity contribution >= 4 is 66.5 Å². The first-order valence-corrected chi connectivity index (χ1v) is 19.0. The van der Waals surface area contributed by atoms with Gasteiger partial charge in [-0.25, -0.2) is 4.98 Å². The molecule has 0 radical (unpaired) electrons. The summed E-state index contributed by atoms with van der Waals surface area (Å²) in [4.78, 5) is 9.73. The summed E-state index contributed by atoms with van der Waals surface area (Å²) in [6.07, 6.45) is 1.91. The summed E-state index contributed by atoms with van der Waals surface area (Å²) in [6, 6.07) is 44.9. The van der Waals surface area contributed by atoms with Gasteiger partial charge in [-0.1, -0.05) is 74.9 Å². The molecule has 1 aliphatic rings. The summed E-state index contributed by atoms with van der Waals surface area (Å²) in [6.45, 7) is 14.0. The van der Waals surface area contributed by atoms with Crippen LogP contribution in [-0.4, -0.2) is 16.2 Å². The molecule has 1 aliphatic heterocycles. The number of hydrogen-bond donors (Lipinski definition) is 0. The maximum atomic E-state index is 6.74. The third-order valence-corrected chi connectivity index (χ3v) is 11.1. The van der Waals surface area contributed by atoms with Gasteiger partial charge in [-0.15, -0.1) is 0 Å². The van der Waals surface area contributed by atoms with Crippen molar-refractivity contribution in [3.63, 3.8) is 0 Å². The van der Waals surface area contributed by atoms with Crippen LogP contribution in [0.4, 0.5) is 22.7 Å². The van der Waals surface area contributed by atoms with Crippen LogP contribution in [0.2, 0.25) is 0 Å². The van der Waals surface area contributed by atoms with E-state index >= 15 is 0 Å². The van der Waals surface area contributed by atoms with Crippen LogP contribution in [0.25, 0.3) is 49.6 Å². The molecule has 6 heteroatoms. The Bertz CT molecular complexity index is 2960. The highest BCUT2D eigenvalue weighted by Gasteiger charge is 2.30. The molecule has 0 atom stereocenters. The average molecular weight is 719 g/mol. The molecular formula is C49H42N4O2. The summed E-state index contributed by atoms with van der Waals surface area (Å²) in [5.74, 6) is 2.37. The van der Waals surface area contributed by atoms with Gasteiger partial charge >= 0.3 is 0 Å². The number of benzene rings is 6. The first kappa shape index (κ1) is 33.1. The van der Waals surface area contributed by atoms with E-state index in [1.807, 2.05) is 24.4 Å². The van der Waals surface area contributed by atoms with Gasteiger partial charge in [0.05, 0.1) is 27.8 Å². The van der Waals surface area contributed by atoms with Crippen LogP contribution in [0.15, 0.2) is 138 Å². The van der Waals surface area contributed by atoms with Gasteiger partial charge in [0.2, 0.25) is 0 Å². The quantitative estimate of drug-likeness (QED) is 0.177. The molecule has 0 N–H and O–H groups in total. The van der Waals surface area contributed by atoms with Crippen molar-refractivity contribution in [3.05, 3.63) is 156 Å². The number of hydrogen-bond acceptors (Lipinski definition) is 5. The smallest absolute Gasteiger partial charge is 0.145 e. The van der Waals surface area contributed by atoms with Gasteiger partial charge in [0.1, 0.15) is 35.2 Å². The van der Waals surface area contributed by atoms with Gasteiger partial charge in [-0.3, -0.25) is 4.57 Å². The second-order valence-corrected chi connectivity index (χ2v) is 15.9. The average Bonchev–Trinajstić information content (AvgIpc) is 3.84. The van der Waals surface area contributed by atoms with Crippen LogP contribution >= 0.6 is 0 Å². The van der Waals surface area contributed by atoms with E-state index in [9.17, 15) is 0 Å². The molecule has 0 saturated carbocycles. The third kappa shape index (κ3) is 5.35. The lowest BCUT2D eigenvalue weighted by molar-refractivity contribution is 0.483. The highest BCUT2D eigenvalue weighted by Crippen LogP contribution is 2.47. The summed E-state index contributed by atoms with van der Waals surface area (Å²) in [7, 11) is 0. The predicted octanol–water partition coefficient (Wildman–Crippen LogP) is 13.3. The fourth-order valence-electron chi connectivity index (χ4n) is 8.66. The number of aromatic nitrogens is 2. The number of rotatable bonds is 5. The van der Waals surface area contributed by atoms with Gasteiger partial charge in [0.25, 0.3) is 0 Å². The Morgan fingerprint density at radius 3 is 2.16 bits per heavy atom. The van der Waals surface area contributed by atoms with Crippen molar-refractivity contribution < 1.29 is 9.15 Å². The number of ether oxygens (including phenoxy) is 1. The Kier molecular flexibility index (Phi) is 7.37. The van der Waals surface area contributed by atoms with Crippen molar-refractivity contribution in [3.8, 4) is 17.3 Å². The van der Waals surface area contributed by atoms with E-state index in [2.05, 4.69) is 165 Å². The topological polar surface area (TPSA) is 46.7 Å².